The average molecular weight is 419 g/mol. The molecular formula is C23H34N2O5. The third-order valence-electron chi connectivity index (χ3n) is 6.69. The summed E-state index contributed by atoms with van der Waals surface area (Å²) < 4.78 is 11.9. The SMILES string of the molecule is CC(=O)N(C)[C@H]1CC2(CCN(C(=O)COc3c(C)cccc3C)CC2)OC[C@]1(C)O. The Kier molecular flexibility index (Phi) is 6.43. The highest BCUT2D eigenvalue weighted by atomic mass is 16.5. The van der Waals surface area contributed by atoms with Crippen molar-refractivity contribution in [1.82, 2.24) is 9.80 Å². The number of likely N-dealkylation sites (N-methyl/N-ethyl adjacent to an activating group) is 1. The summed E-state index contributed by atoms with van der Waals surface area (Å²) in [5.74, 6) is 0.661. The number of para-hydroxylation sites is 1. The molecule has 0 aromatic heterocycles. The molecule has 2 amide bonds. The quantitative estimate of drug-likeness (QED) is 0.810. The molecule has 7 nitrogen and oxygen atoms in total. The second-order valence-electron chi connectivity index (χ2n) is 9.07. The van der Waals surface area contributed by atoms with Crippen molar-refractivity contribution in [1.29, 1.82) is 0 Å². The van der Waals surface area contributed by atoms with Gasteiger partial charge >= 0.3 is 0 Å². The van der Waals surface area contributed by atoms with Crippen molar-refractivity contribution < 1.29 is 24.2 Å². The molecule has 166 valence electrons. The standard InChI is InChI=1S/C23H34N2O5/c1-16-7-6-8-17(2)21(16)29-14-20(27)25-11-9-23(10-12-25)13-19(24(5)18(3)26)22(4,28)15-30-23/h6-8,19,28H,9-15H2,1-5H3/t19-,22-/m0/s1. The van der Waals surface area contributed by atoms with Crippen LogP contribution in [0.2, 0.25) is 0 Å². The van der Waals surface area contributed by atoms with Crippen LogP contribution in [0, 0.1) is 13.8 Å². The van der Waals surface area contributed by atoms with Gasteiger partial charge in [0, 0.05) is 27.1 Å². The van der Waals surface area contributed by atoms with Crippen LogP contribution in [0.4, 0.5) is 0 Å². The number of nitrogens with zero attached hydrogens (tertiary/aromatic N) is 2. The fraction of sp³-hybridized carbons (Fsp3) is 0.652. The van der Waals surface area contributed by atoms with Gasteiger partial charge in [-0.25, -0.2) is 0 Å². The summed E-state index contributed by atoms with van der Waals surface area (Å²) in [6.45, 7) is 8.52. The Hall–Kier alpha value is -2.12. The minimum absolute atomic E-state index is 0.0178. The molecule has 2 aliphatic rings. The van der Waals surface area contributed by atoms with Gasteiger partial charge in [-0.15, -0.1) is 0 Å². The molecular weight excluding hydrogens is 384 g/mol. The van der Waals surface area contributed by atoms with Crippen LogP contribution < -0.4 is 4.74 Å². The molecule has 0 radical (unpaired) electrons. The Morgan fingerprint density at radius 3 is 2.43 bits per heavy atom. The summed E-state index contributed by atoms with van der Waals surface area (Å²) in [6.07, 6.45) is 1.93. The average Bonchev–Trinajstić information content (AvgIpc) is 2.69. The van der Waals surface area contributed by atoms with Crippen LogP contribution in [-0.2, 0) is 14.3 Å². The van der Waals surface area contributed by atoms with Gasteiger partial charge in [-0.05, 0) is 51.2 Å². The van der Waals surface area contributed by atoms with Crippen molar-refractivity contribution in [2.75, 3.05) is 33.4 Å². The van der Waals surface area contributed by atoms with Gasteiger partial charge in [0.1, 0.15) is 11.4 Å². The van der Waals surface area contributed by atoms with Crippen molar-refractivity contribution in [3.05, 3.63) is 29.3 Å². The smallest absolute Gasteiger partial charge is 0.260 e. The number of hydrogen-bond donors (Lipinski definition) is 1. The molecule has 3 rings (SSSR count). The minimum atomic E-state index is -1.09. The van der Waals surface area contributed by atoms with Crippen LogP contribution in [0.15, 0.2) is 18.2 Å². The zero-order valence-corrected chi connectivity index (χ0v) is 18.7. The maximum absolute atomic E-state index is 12.7. The summed E-state index contributed by atoms with van der Waals surface area (Å²) in [5, 5.41) is 10.7. The monoisotopic (exact) mass is 418 g/mol. The van der Waals surface area contributed by atoms with Crippen molar-refractivity contribution in [2.45, 2.75) is 64.2 Å². The van der Waals surface area contributed by atoms with E-state index >= 15 is 0 Å². The zero-order valence-electron chi connectivity index (χ0n) is 18.7. The molecule has 0 aliphatic carbocycles. The summed E-state index contributed by atoms with van der Waals surface area (Å²) >= 11 is 0. The maximum atomic E-state index is 12.7. The van der Waals surface area contributed by atoms with Crippen LogP contribution >= 0.6 is 0 Å². The summed E-state index contributed by atoms with van der Waals surface area (Å²) in [6, 6.07) is 5.61. The van der Waals surface area contributed by atoms with Gasteiger partial charge in [-0.1, -0.05) is 18.2 Å². The van der Waals surface area contributed by atoms with Gasteiger partial charge in [0.05, 0.1) is 18.2 Å². The largest absolute Gasteiger partial charge is 0.483 e. The Labute approximate surface area is 178 Å². The predicted molar refractivity (Wildman–Crippen MR) is 113 cm³/mol. The minimum Gasteiger partial charge on any atom is -0.483 e. The van der Waals surface area contributed by atoms with E-state index in [0.29, 0.717) is 32.4 Å². The van der Waals surface area contributed by atoms with Crippen LogP contribution in [0.1, 0.15) is 44.2 Å². The van der Waals surface area contributed by atoms with Gasteiger partial charge in [-0.3, -0.25) is 9.59 Å². The number of piperidine rings is 1. The Balaban J connectivity index is 1.58. The predicted octanol–water partition coefficient (Wildman–Crippen LogP) is 2.06. The van der Waals surface area contributed by atoms with Crippen molar-refractivity contribution in [2.24, 2.45) is 0 Å². The lowest BCUT2D eigenvalue weighted by atomic mass is 9.77. The van der Waals surface area contributed by atoms with Crippen LogP contribution in [0.3, 0.4) is 0 Å². The van der Waals surface area contributed by atoms with E-state index in [1.54, 1.807) is 18.9 Å². The number of carbonyl (C=O) groups is 2. The summed E-state index contributed by atoms with van der Waals surface area (Å²) in [4.78, 5) is 28.0. The molecule has 7 heteroatoms. The van der Waals surface area contributed by atoms with Gasteiger partial charge < -0.3 is 24.4 Å². The van der Waals surface area contributed by atoms with Gasteiger partial charge in [0.2, 0.25) is 5.91 Å². The molecule has 2 fully saturated rings. The lowest BCUT2D eigenvalue weighted by molar-refractivity contribution is -0.209. The fourth-order valence-electron chi connectivity index (χ4n) is 4.56. The highest BCUT2D eigenvalue weighted by molar-refractivity contribution is 5.78. The molecule has 2 atom stereocenters. The van der Waals surface area contributed by atoms with Gasteiger partial charge in [0.25, 0.3) is 5.91 Å². The first kappa shape index (κ1) is 22.6. The number of hydrogen-bond acceptors (Lipinski definition) is 5. The number of ether oxygens (including phenoxy) is 2. The topological polar surface area (TPSA) is 79.3 Å². The second kappa shape index (κ2) is 8.55. The van der Waals surface area contributed by atoms with Crippen molar-refractivity contribution in [3.63, 3.8) is 0 Å². The van der Waals surface area contributed by atoms with E-state index in [1.807, 2.05) is 36.9 Å². The number of rotatable bonds is 4. The van der Waals surface area contributed by atoms with E-state index in [-0.39, 0.29) is 31.1 Å². The first-order chi connectivity index (χ1) is 14.0. The molecule has 1 spiro atoms. The molecule has 2 saturated heterocycles. The number of likely N-dealkylation sites (tertiary alicyclic amines) is 1. The number of aryl methyl sites for hydroxylation is 2. The number of benzene rings is 1. The van der Waals surface area contributed by atoms with Crippen LogP contribution in [0.5, 0.6) is 5.75 Å². The van der Waals surface area contributed by atoms with E-state index in [1.165, 1.54) is 6.92 Å². The normalized spacial score (nSPS) is 25.8. The van der Waals surface area contributed by atoms with Gasteiger partial charge in [-0.2, -0.15) is 0 Å². The highest BCUT2D eigenvalue weighted by Crippen LogP contribution is 2.40. The van der Waals surface area contributed by atoms with Crippen molar-refractivity contribution >= 4 is 11.8 Å². The lowest BCUT2D eigenvalue weighted by Gasteiger charge is -2.52. The molecule has 2 heterocycles. The molecule has 1 aromatic carbocycles. The highest BCUT2D eigenvalue weighted by Gasteiger charge is 2.50. The molecule has 2 aliphatic heterocycles. The molecule has 1 aromatic rings. The van der Waals surface area contributed by atoms with E-state index in [0.717, 1.165) is 16.9 Å². The molecule has 0 saturated carbocycles. The van der Waals surface area contributed by atoms with E-state index in [9.17, 15) is 14.7 Å². The molecule has 30 heavy (non-hydrogen) atoms. The third-order valence-corrected chi connectivity index (χ3v) is 6.69. The maximum Gasteiger partial charge on any atom is 0.260 e. The molecule has 0 bridgehead atoms. The number of amides is 2. The van der Waals surface area contributed by atoms with Crippen LogP contribution in [-0.4, -0.2) is 77.3 Å². The first-order valence-electron chi connectivity index (χ1n) is 10.6. The molecule has 0 unspecified atom stereocenters. The first-order valence-corrected chi connectivity index (χ1v) is 10.6. The molecule has 1 N–H and O–H groups in total. The van der Waals surface area contributed by atoms with E-state index in [4.69, 9.17) is 9.47 Å². The number of carbonyl (C=O) groups excluding carboxylic acids is 2. The fourth-order valence-corrected chi connectivity index (χ4v) is 4.56. The van der Waals surface area contributed by atoms with E-state index < -0.39 is 11.2 Å². The Morgan fingerprint density at radius 1 is 1.27 bits per heavy atom. The van der Waals surface area contributed by atoms with Crippen molar-refractivity contribution in [3.8, 4) is 5.75 Å². The number of aliphatic hydroxyl groups is 1. The Bertz CT molecular complexity index is 779. The van der Waals surface area contributed by atoms with Crippen LogP contribution in [0.25, 0.3) is 0 Å². The van der Waals surface area contributed by atoms with E-state index in [2.05, 4.69) is 0 Å². The zero-order chi connectivity index (χ0) is 22.1. The second-order valence-corrected chi connectivity index (χ2v) is 9.07. The Morgan fingerprint density at radius 2 is 1.87 bits per heavy atom. The van der Waals surface area contributed by atoms with Gasteiger partial charge in [0.15, 0.2) is 6.61 Å². The summed E-state index contributed by atoms with van der Waals surface area (Å²) in [7, 11) is 1.73. The third kappa shape index (κ3) is 4.62. The summed E-state index contributed by atoms with van der Waals surface area (Å²) in [5.41, 5.74) is 0.533. The lowest BCUT2D eigenvalue weighted by Crippen LogP contribution is -2.64.